The van der Waals surface area contributed by atoms with Crippen LogP contribution in [0.3, 0.4) is 0 Å². The third kappa shape index (κ3) is 5.89. The van der Waals surface area contributed by atoms with E-state index in [4.69, 9.17) is 23.1 Å². The average molecular weight is 498 g/mol. The zero-order chi connectivity index (χ0) is 24.9. The monoisotopic (exact) mass is 497 g/mol. The Bertz CT molecular complexity index is 1190. The Balaban J connectivity index is 1.59. The van der Waals surface area contributed by atoms with Crippen molar-refractivity contribution in [2.75, 3.05) is 6.54 Å². The van der Waals surface area contributed by atoms with Gasteiger partial charge in [0, 0.05) is 11.5 Å². The van der Waals surface area contributed by atoms with Crippen LogP contribution in [0.15, 0.2) is 48.5 Å². The molecule has 1 atom stereocenters. The molecule has 0 aliphatic heterocycles. The molecule has 3 aromatic rings. The van der Waals surface area contributed by atoms with E-state index in [1.54, 1.807) is 0 Å². The summed E-state index contributed by atoms with van der Waals surface area (Å²) in [5.74, 6) is -0.750. The van der Waals surface area contributed by atoms with Gasteiger partial charge in [-0.2, -0.15) is 0 Å². The molecule has 35 heavy (non-hydrogen) atoms. The maximum atomic E-state index is 14.4. The zero-order valence-corrected chi connectivity index (χ0v) is 20.0. The predicted molar refractivity (Wildman–Crippen MR) is 133 cm³/mol. The first-order chi connectivity index (χ1) is 16.9. The fourth-order valence-corrected chi connectivity index (χ4v) is 4.85. The SMILES string of the molecule is NC[C@H]1CC[C@H](C(=O)N[C@@H](Cc2ccccc2)c2nc(-c3ccc(C(N)=O)c(F)c3)c(Cl)[nH]2)CC1. The van der Waals surface area contributed by atoms with Crippen molar-refractivity contribution in [3.63, 3.8) is 0 Å². The summed E-state index contributed by atoms with van der Waals surface area (Å²) in [4.78, 5) is 32.2. The fraction of sp³-hybridized carbons (Fsp3) is 0.346. The first-order valence-corrected chi connectivity index (χ1v) is 12.1. The molecule has 1 fully saturated rings. The quantitative estimate of drug-likeness (QED) is 0.373. The van der Waals surface area contributed by atoms with E-state index in [2.05, 4.69) is 15.3 Å². The molecule has 0 spiro atoms. The number of rotatable bonds is 8. The number of nitrogens with one attached hydrogen (secondary N) is 2. The normalized spacial score (nSPS) is 18.7. The van der Waals surface area contributed by atoms with Gasteiger partial charge in [-0.1, -0.05) is 48.0 Å². The van der Waals surface area contributed by atoms with Crippen molar-refractivity contribution in [3.05, 3.63) is 76.5 Å². The molecular formula is C26H29ClFN5O2. The summed E-state index contributed by atoms with van der Waals surface area (Å²) in [5.41, 5.74) is 12.5. The van der Waals surface area contributed by atoms with Gasteiger partial charge in [0.15, 0.2) is 0 Å². The smallest absolute Gasteiger partial charge is 0.251 e. The fourth-order valence-electron chi connectivity index (χ4n) is 4.60. The first-order valence-electron chi connectivity index (χ1n) is 11.7. The second kappa shape index (κ2) is 11.0. The molecular weight excluding hydrogens is 469 g/mol. The van der Waals surface area contributed by atoms with Crippen LogP contribution in [0.25, 0.3) is 11.3 Å². The summed E-state index contributed by atoms with van der Waals surface area (Å²) in [7, 11) is 0. The number of primary amides is 1. The third-order valence-corrected chi connectivity index (χ3v) is 6.94. The highest BCUT2D eigenvalue weighted by molar-refractivity contribution is 6.31. The van der Waals surface area contributed by atoms with Gasteiger partial charge in [0.2, 0.25) is 5.91 Å². The highest BCUT2D eigenvalue weighted by atomic mass is 35.5. The van der Waals surface area contributed by atoms with Crippen molar-refractivity contribution < 1.29 is 14.0 Å². The Morgan fingerprint density at radius 2 is 1.86 bits per heavy atom. The van der Waals surface area contributed by atoms with Crippen LogP contribution < -0.4 is 16.8 Å². The first kappa shape index (κ1) is 24.9. The van der Waals surface area contributed by atoms with E-state index < -0.39 is 17.8 Å². The molecule has 0 unspecified atom stereocenters. The number of aromatic nitrogens is 2. The van der Waals surface area contributed by atoms with E-state index in [-0.39, 0.29) is 22.5 Å². The minimum absolute atomic E-state index is 0.0210. The van der Waals surface area contributed by atoms with Crippen LogP contribution in [0.5, 0.6) is 0 Å². The van der Waals surface area contributed by atoms with E-state index in [0.717, 1.165) is 31.2 Å². The number of H-pyrrole nitrogens is 1. The van der Waals surface area contributed by atoms with Crippen LogP contribution in [-0.2, 0) is 11.2 Å². The molecule has 0 saturated heterocycles. The summed E-state index contributed by atoms with van der Waals surface area (Å²) in [6, 6.07) is 13.3. The number of nitrogens with zero attached hydrogens (tertiary/aromatic N) is 1. The number of carbonyl (C=O) groups is 2. The van der Waals surface area contributed by atoms with Crippen molar-refractivity contribution in [1.29, 1.82) is 0 Å². The molecule has 9 heteroatoms. The summed E-state index contributed by atoms with van der Waals surface area (Å²) in [6.07, 6.45) is 4.01. The van der Waals surface area contributed by atoms with Crippen molar-refractivity contribution in [2.24, 2.45) is 23.3 Å². The van der Waals surface area contributed by atoms with Crippen LogP contribution in [-0.4, -0.2) is 28.3 Å². The molecule has 1 aliphatic rings. The van der Waals surface area contributed by atoms with Gasteiger partial charge in [-0.25, -0.2) is 9.37 Å². The lowest BCUT2D eigenvalue weighted by Gasteiger charge is -2.28. The van der Waals surface area contributed by atoms with E-state index in [9.17, 15) is 14.0 Å². The molecule has 1 heterocycles. The number of carbonyl (C=O) groups excluding carboxylic acids is 2. The van der Waals surface area contributed by atoms with Crippen LogP contribution >= 0.6 is 11.6 Å². The van der Waals surface area contributed by atoms with Crippen LogP contribution in [0.2, 0.25) is 5.15 Å². The van der Waals surface area contributed by atoms with Gasteiger partial charge in [-0.15, -0.1) is 0 Å². The molecule has 1 saturated carbocycles. The average Bonchev–Trinajstić information content (AvgIpc) is 3.25. The Hall–Kier alpha value is -3.23. The lowest BCUT2D eigenvalue weighted by molar-refractivity contribution is -0.127. The van der Waals surface area contributed by atoms with Gasteiger partial charge < -0.3 is 21.8 Å². The second-order valence-corrected chi connectivity index (χ2v) is 9.43. The van der Waals surface area contributed by atoms with Gasteiger partial charge >= 0.3 is 0 Å². The van der Waals surface area contributed by atoms with Gasteiger partial charge in [-0.3, -0.25) is 9.59 Å². The van der Waals surface area contributed by atoms with Crippen LogP contribution in [0.1, 0.15) is 53.5 Å². The van der Waals surface area contributed by atoms with E-state index in [1.165, 1.54) is 18.2 Å². The molecule has 2 amide bonds. The summed E-state index contributed by atoms with van der Waals surface area (Å²) < 4.78 is 14.4. The zero-order valence-electron chi connectivity index (χ0n) is 19.3. The minimum Gasteiger partial charge on any atom is -0.366 e. The second-order valence-electron chi connectivity index (χ2n) is 9.05. The Labute approximate surface area is 208 Å². The molecule has 2 aromatic carbocycles. The Kier molecular flexibility index (Phi) is 7.83. The molecule has 7 nitrogen and oxygen atoms in total. The van der Waals surface area contributed by atoms with Crippen molar-refractivity contribution in [2.45, 2.75) is 38.1 Å². The topological polar surface area (TPSA) is 127 Å². The lowest BCUT2D eigenvalue weighted by atomic mass is 9.81. The number of nitrogens with two attached hydrogens (primary N) is 2. The highest BCUT2D eigenvalue weighted by Crippen LogP contribution is 2.31. The molecule has 1 aliphatic carbocycles. The number of aromatic amines is 1. The van der Waals surface area contributed by atoms with Crippen molar-refractivity contribution in [1.82, 2.24) is 15.3 Å². The summed E-state index contributed by atoms with van der Waals surface area (Å²) in [5, 5.41) is 3.36. The molecule has 0 bridgehead atoms. The van der Waals surface area contributed by atoms with Crippen LogP contribution in [0.4, 0.5) is 4.39 Å². The number of imidazole rings is 1. The Morgan fingerprint density at radius 3 is 2.49 bits per heavy atom. The maximum absolute atomic E-state index is 14.4. The summed E-state index contributed by atoms with van der Waals surface area (Å²) in [6.45, 7) is 0.652. The van der Waals surface area contributed by atoms with Gasteiger partial charge in [0.05, 0.1) is 11.6 Å². The van der Waals surface area contributed by atoms with E-state index >= 15 is 0 Å². The Morgan fingerprint density at radius 1 is 1.14 bits per heavy atom. The summed E-state index contributed by atoms with van der Waals surface area (Å²) >= 11 is 6.44. The van der Waals surface area contributed by atoms with Crippen molar-refractivity contribution >= 4 is 23.4 Å². The molecule has 184 valence electrons. The van der Waals surface area contributed by atoms with Gasteiger partial charge in [0.1, 0.15) is 22.5 Å². The number of hydrogen-bond donors (Lipinski definition) is 4. The largest absolute Gasteiger partial charge is 0.366 e. The number of hydrogen-bond acceptors (Lipinski definition) is 4. The van der Waals surface area contributed by atoms with E-state index in [1.807, 2.05) is 30.3 Å². The number of amides is 2. The highest BCUT2D eigenvalue weighted by Gasteiger charge is 2.29. The number of halogens is 2. The lowest BCUT2D eigenvalue weighted by Crippen LogP contribution is -2.37. The third-order valence-electron chi connectivity index (χ3n) is 6.67. The molecule has 1 aromatic heterocycles. The maximum Gasteiger partial charge on any atom is 0.251 e. The van der Waals surface area contributed by atoms with Gasteiger partial charge in [-0.05, 0) is 62.3 Å². The van der Waals surface area contributed by atoms with Crippen molar-refractivity contribution in [3.8, 4) is 11.3 Å². The molecule has 4 rings (SSSR count). The van der Waals surface area contributed by atoms with Gasteiger partial charge in [0.25, 0.3) is 5.91 Å². The van der Waals surface area contributed by atoms with E-state index in [0.29, 0.717) is 36.0 Å². The standard InChI is InChI=1S/C26H29ClFN5O2/c27-23-22(18-10-11-19(24(30)34)20(28)13-18)32-25(33-23)21(12-15-4-2-1-3-5-15)31-26(35)17-8-6-16(14-29)7-9-17/h1-5,10-11,13,16-17,21H,6-9,12,14,29H2,(H2,30,34)(H,31,35)(H,32,33)/t16-,17-,21-/m0/s1. The number of benzene rings is 2. The minimum atomic E-state index is -0.853. The molecule has 0 radical (unpaired) electrons. The molecule has 6 N–H and O–H groups in total. The van der Waals surface area contributed by atoms with Crippen LogP contribution in [0, 0.1) is 17.7 Å². The predicted octanol–water partition coefficient (Wildman–Crippen LogP) is 4.13.